The Labute approximate surface area is 242 Å². The summed E-state index contributed by atoms with van der Waals surface area (Å²) in [5, 5.41) is 12.0. The van der Waals surface area contributed by atoms with Gasteiger partial charge in [0.2, 0.25) is 0 Å². The lowest BCUT2D eigenvalue weighted by molar-refractivity contribution is -0.135. The van der Waals surface area contributed by atoms with Crippen molar-refractivity contribution in [3.63, 3.8) is 0 Å². The number of carboxylic acid groups (broad SMARTS) is 1. The molecular formula is C28H29N5O6S2. The van der Waals surface area contributed by atoms with Gasteiger partial charge >= 0.3 is 12.1 Å². The molecule has 1 amide bonds. The number of nitrogens with zero attached hydrogens (tertiary/aromatic N) is 5. The first-order chi connectivity index (χ1) is 19.4. The van der Waals surface area contributed by atoms with Gasteiger partial charge in [0.15, 0.2) is 5.03 Å². The molecule has 0 aliphatic carbocycles. The minimum atomic E-state index is -4.07. The molecule has 41 heavy (non-hydrogen) atoms. The second kappa shape index (κ2) is 12.5. The number of pyridine rings is 2. The lowest BCUT2D eigenvalue weighted by Crippen LogP contribution is -2.40. The van der Waals surface area contributed by atoms with Crippen LogP contribution >= 0.6 is 11.3 Å². The standard InChI is InChI=1S/C28H29N5O6S2/c1-28(2,3)39-27(36)33(19-25(34)35)23-8-6-7-22(31-23)18-32(41(37,38)24-9-4-5-14-29-24)17-20-10-12-21(13-11-20)26-30-15-16-40-26/h4-16H,17-19H2,1-3H3,(H,34,35). The molecular weight excluding hydrogens is 566 g/mol. The fourth-order valence-electron chi connectivity index (χ4n) is 3.76. The summed E-state index contributed by atoms with van der Waals surface area (Å²) in [6.07, 6.45) is 2.23. The van der Waals surface area contributed by atoms with Crippen LogP contribution in [0.1, 0.15) is 32.0 Å². The van der Waals surface area contributed by atoms with Crippen molar-refractivity contribution in [2.45, 2.75) is 44.5 Å². The van der Waals surface area contributed by atoms with Gasteiger partial charge in [-0.25, -0.2) is 28.2 Å². The number of hydrogen-bond donors (Lipinski definition) is 1. The third kappa shape index (κ3) is 7.93. The second-order valence-electron chi connectivity index (χ2n) is 9.92. The molecule has 0 aliphatic heterocycles. The van der Waals surface area contributed by atoms with Gasteiger partial charge in [0.1, 0.15) is 23.0 Å². The molecule has 0 aliphatic rings. The summed E-state index contributed by atoms with van der Waals surface area (Å²) < 4.78 is 34.0. The topological polar surface area (TPSA) is 143 Å². The van der Waals surface area contributed by atoms with Crippen molar-refractivity contribution in [3.8, 4) is 10.6 Å². The normalized spacial score (nSPS) is 11.8. The summed E-state index contributed by atoms with van der Waals surface area (Å²) in [6, 6.07) is 16.7. The zero-order valence-electron chi connectivity index (χ0n) is 22.7. The molecule has 0 atom stereocenters. The highest BCUT2D eigenvalue weighted by atomic mass is 32.2. The number of carbonyl (C=O) groups is 2. The van der Waals surface area contributed by atoms with Crippen molar-refractivity contribution in [2.24, 2.45) is 0 Å². The molecule has 4 rings (SSSR count). The Morgan fingerprint density at radius 2 is 1.71 bits per heavy atom. The van der Waals surface area contributed by atoms with Gasteiger partial charge < -0.3 is 9.84 Å². The van der Waals surface area contributed by atoms with Crippen molar-refractivity contribution >= 4 is 39.2 Å². The SMILES string of the molecule is CC(C)(C)OC(=O)N(CC(=O)O)c1cccc(CN(Cc2ccc(-c3nccs3)cc2)S(=O)(=O)c2ccccn2)n1. The summed E-state index contributed by atoms with van der Waals surface area (Å²) in [5.74, 6) is -1.24. The van der Waals surface area contributed by atoms with Crippen LogP contribution < -0.4 is 4.90 Å². The Morgan fingerprint density at radius 3 is 2.32 bits per heavy atom. The molecule has 0 saturated carbocycles. The summed E-state index contributed by atoms with van der Waals surface area (Å²) in [6.45, 7) is 4.14. The van der Waals surface area contributed by atoms with Gasteiger partial charge in [0.25, 0.3) is 10.0 Å². The van der Waals surface area contributed by atoms with Crippen LogP contribution in [0, 0.1) is 0 Å². The highest BCUT2D eigenvalue weighted by Gasteiger charge is 2.29. The van der Waals surface area contributed by atoms with Crippen LogP contribution in [0.15, 0.2) is 83.5 Å². The van der Waals surface area contributed by atoms with Crippen LogP contribution in [0.2, 0.25) is 0 Å². The maximum Gasteiger partial charge on any atom is 0.416 e. The molecule has 0 saturated heterocycles. The van der Waals surface area contributed by atoms with Crippen molar-refractivity contribution in [3.05, 3.63) is 89.7 Å². The number of anilines is 1. The van der Waals surface area contributed by atoms with Gasteiger partial charge in [0.05, 0.1) is 12.2 Å². The molecule has 0 spiro atoms. The number of sulfonamides is 1. The third-order valence-electron chi connectivity index (χ3n) is 5.55. The Balaban J connectivity index is 1.66. The molecule has 0 bridgehead atoms. The monoisotopic (exact) mass is 595 g/mol. The molecule has 1 aromatic carbocycles. The number of aliphatic carboxylic acids is 1. The third-order valence-corrected chi connectivity index (χ3v) is 8.08. The fourth-order valence-corrected chi connectivity index (χ4v) is 5.73. The van der Waals surface area contributed by atoms with E-state index in [-0.39, 0.29) is 23.9 Å². The quantitative estimate of drug-likeness (QED) is 0.273. The predicted molar refractivity (Wildman–Crippen MR) is 154 cm³/mol. The van der Waals surface area contributed by atoms with Gasteiger partial charge in [0, 0.05) is 29.9 Å². The van der Waals surface area contributed by atoms with Crippen LogP contribution in [-0.2, 0) is 32.6 Å². The zero-order valence-corrected chi connectivity index (χ0v) is 24.3. The van der Waals surface area contributed by atoms with E-state index in [1.165, 1.54) is 34.0 Å². The van der Waals surface area contributed by atoms with E-state index in [0.29, 0.717) is 5.69 Å². The smallest absolute Gasteiger partial charge is 0.416 e. The van der Waals surface area contributed by atoms with Crippen molar-refractivity contribution in [1.29, 1.82) is 0 Å². The number of benzene rings is 1. The number of rotatable bonds is 10. The Hall–Kier alpha value is -4.20. The zero-order chi connectivity index (χ0) is 29.6. The number of hydrogen-bond acceptors (Lipinski definition) is 9. The Bertz CT molecular complexity index is 1590. The van der Waals surface area contributed by atoms with Gasteiger partial charge in [-0.05, 0) is 50.6 Å². The van der Waals surface area contributed by atoms with E-state index in [0.717, 1.165) is 21.0 Å². The van der Waals surface area contributed by atoms with Crippen LogP contribution in [-0.4, -0.2) is 57.0 Å². The van der Waals surface area contributed by atoms with Crippen LogP contribution in [0.3, 0.4) is 0 Å². The largest absolute Gasteiger partial charge is 0.480 e. The summed E-state index contributed by atoms with van der Waals surface area (Å²) >= 11 is 1.50. The van der Waals surface area contributed by atoms with Crippen molar-refractivity contribution in [2.75, 3.05) is 11.4 Å². The second-order valence-corrected chi connectivity index (χ2v) is 12.7. The molecule has 214 valence electrons. The minimum Gasteiger partial charge on any atom is -0.480 e. The molecule has 4 aromatic rings. The highest BCUT2D eigenvalue weighted by molar-refractivity contribution is 7.89. The average Bonchev–Trinajstić information content (AvgIpc) is 3.46. The van der Waals surface area contributed by atoms with E-state index in [4.69, 9.17) is 4.74 Å². The summed E-state index contributed by atoms with van der Waals surface area (Å²) in [4.78, 5) is 38.0. The first-order valence-corrected chi connectivity index (χ1v) is 14.8. The molecule has 11 nitrogen and oxygen atoms in total. The maximum absolute atomic E-state index is 13.7. The number of ether oxygens (including phenoxy) is 1. The van der Waals surface area contributed by atoms with Crippen molar-refractivity contribution in [1.82, 2.24) is 19.3 Å². The van der Waals surface area contributed by atoms with Crippen LogP contribution in [0.25, 0.3) is 10.6 Å². The molecule has 13 heteroatoms. The molecule has 1 N–H and O–H groups in total. The van der Waals surface area contributed by atoms with E-state index in [2.05, 4.69) is 15.0 Å². The molecule has 0 radical (unpaired) electrons. The van der Waals surface area contributed by atoms with Gasteiger partial charge in [-0.15, -0.1) is 11.3 Å². The first-order valence-electron chi connectivity index (χ1n) is 12.5. The van der Waals surface area contributed by atoms with Crippen LogP contribution in [0.4, 0.5) is 10.6 Å². The van der Waals surface area contributed by atoms with Crippen molar-refractivity contribution < 1.29 is 27.9 Å². The van der Waals surface area contributed by atoms with Gasteiger partial charge in [-0.1, -0.05) is 36.4 Å². The van der Waals surface area contributed by atoms with E-state index >= 15 is 0 Å². The summed E-state index contributed by atoms with van der Waals surface area (Å²) in [7, 11) is -4.07. The lowest BCUT2D eigenvalue weighted by Gasteiger charge is -2.26. The van der Waals surface area contributed by atoms with E-state index < -0.39 is 34.2 Å². The first kappa shape index (κ1) is 29.8. The maximum atomic E-state index is 13.7. The van der Waals surface area contributed by atoms with E-state index in [1.807, 2.05) is 29.6 Å². The predicted octanol–water partition coefficient (Wildman–Crippen LogP) is 4.82. The average molecular weight is 596 g/mol. The molecule has 3 aromatic heterocycles. The van der Waals surface area contributed by atoms with Gasteiger partial charge in [-0.2, -0.15) is 4.31 Å². The lowest BCUT2D eigenvalue weighted by atomic mass is 10.1. The number of amides is 1. The number of carboxylic acids is 1. The molecule has 0 unspecified atom stereocenters. The summed E-state index contributed by atoms with van der Waals surface area (Å²) in [5.41, 5.74) is 1.06. The van der Waals surface area contributed by atoms with Crippen LogP contribution in [0.5, 0.6) is 0 Å². The Kier molecular flexibility index (Phi) is 9.11. The number of thiazole rings is 1. The molecule has 0 fully saturated rings. The van der Waals surface area contributed by atoms with E-state index in [1.54, 1.807) is 51.2 Å². The fraction of sp³-hybridized carbons (Fsp3) is 0.250. The minimum absolute atomic E-state index is 0.00781. The van der Waals surface area contributed by atoms with E-state index in [9.17, 15) is 23.1 Å². The van der Waals surface area contributed by atoms with Gasteiger partial charge in [-0.3, -0.25) is 9.69 Å². The number of aromatic nitrogens is 3. The Morgan fingerprint density at radius 1 is 0.951 bits per heavy atom. The molecule has 3 heterocycles. The highest BCUT2D eigenvalue weighted by Crippen LogP contribution is 2.25. The number of carbonyl (C=O) groups excluding carboxylic acids is 1.